The third kappa shape index (κ3) is 3.76. The van der Waals surface area contributed by atoms with E-state index in [0.29, 0.717) is 12.1 Å². The van der Waals surface area contributed by atoms with E-state index in [2.05, 4.69) is 16.5 Å². The topological polar surface area (TPSA) is 68.9 Å². The number of carbonyl (C=O) groups is 1. The Kier molecular flexibility index (Phi) is 5.09. The highest BCUT2D eigenvalue weighted by molar-refractivity contribution is 7.20. The molecule has 1 aliphatic rings. The molecule has 1 fully saturated rings. The van der Waals surface area contributed by atoms with Gasteiger partial charge in [0.1, 0.15) is 17.9 Å². The standard InChI is InChI=1S/C23H23FN4O2S/c1-14-10-19-22(31-14)18-11-25-28(13-20(29)26-17-4-2-3-5-17)23(30)21(18)27(19)12-15-6-8-16(24)9-7-15/h6-11,17H,2-5,12-13H2,1H3,(H,26,29). The SMILES string of the molecule is Cc1cc2c(s1)c1cnn(CC(=O)NC3CCCC3)c(=O)c1n2Cc1ccc(F)cc1. The second kappa shape index (κ2) is 7.92. The largest absolute Gasteiger partial charge is 0.352 e. The van der Waals surface area contributed by atoms with Gasteiger partial charge in [0.25, 0.3) is 5.56 Å². The van der Waals surface area contributed by atoms with Crippen molar-refractivity contribution < 1.29 is 9.18 Å². The molecule has 0 radical (unpaired) electrons. The van der Waals surface area contributed by atoms with Gasteiger partial charge in [0.15, 0.2) is 0 Å². The van der Waals surface area contributed by atoms with Crippen LogP contribution < -0.4 is 10.9 Å². The lowest BCUT2D eigenvalue weighted by Crippen LogP contribution is -2.38. The lowest BCUT2D eigenvalue weighted by Gasteiger charge is -2.12. The van der Waals surface area contributed by atoms with Crippen LogP contribution in [0.4, 0.5) is 4.39 Å². The fourth-order valence-corrected chi connectivity index (χ4v) is 5.47. The van der Waals surface area contributed by atoms with Crippen LogP contribution in [-0.2, 0) is 17.9 Å². The molecule has 1 aliphatic carbocycles. The normalized spacial score (nSPS) is 14.6. The molecule has 0 saturated heterocycles. The number of thiophene rings is 1. The first-order valence-corrected chi connectivity index (χ1v) is 11.3. The van der Waals surface area contributed by atoms with Crippen molar-refractivity contribution >= 4 is 38.4 Å². The molecule has 160 valence electrons. The van der Waals surface area contributed by atoms with Gasteiger partial charge in [0.05, 0.1) is 16.4 Å². The third-order valence-electron chi connectivity index (χ3n) is 5.93. The first kappa shape index (κ1) is 19.9. The van der Waals surface area contributed by atoms with Crippen LogP contribution in [0.1, 0.15) is 36.1 Å². The molecule has 6 nitrogen and oxygen atoms in total. The van der Waals surface area contributed by atoms with E-state index in [1.54, 1.807) is 29.7 Å². The lowest BCUT2D eigenvalue weighted by atomic mass is 10.2. The Balaban J connectivity index is 1.56. The molecular formula is C23H23FN4O2S. The van der Waals surface area contributed by atoms with Gasteiger partial charge in [-0.15, -0.1) is 11.3 Å². The van der Waals surface area contributed by atoms with E-state index in [1.165, 1.54) is 16.8 Å². The van der Waals surface area contributed by atoms with Gasteiger partial charge in [-0.1, -0.05) is 25.0 Å². The van der Waals surface area contributed by atoms with Crippen molar-refractivity contribution in [3.05, 3.63) is 63.1 Å². The lowest BCUT2D eigenvalue weighted by molar-refractivity contribution is -0.122. The number of nitrogens with zero attached hydrogens (tertiary/aromatic N) is 3. The van der Waals surface area contributed by atoms with Gasteiger partial charge in [0.2, 0.25) is 5.91 Å². The zero-order valence-electron chi connectivity index (χ0n) is 17.2. The molecule has 4 aromatic rings. The molecule has 1 N–H and O–H groups in total. The van der Waals surface area contributed by atoms with Crippen molar-refractivity contribution in [2.45, 2.75) is 51.7 Å². The number of carbonyl (C=O) groups excluding carboxylic acids is 1. The Hall–Kier alpha value is -3.00. The summed E-state index contributed by atoms with van der Waals surface area (Å²) in [4.78, 5) is 27.0. The van der Waals surface area contributed by atoms with Crippen molar-refractivity contribution in [3.63, 3.8) is 0 Å². The maximum Gasteiger partial charge on any atom is 0.291 e. The van der Waals surface area contributed by atoms with Crippen molar-refractivity contribution in [1.29, 1.82) is 0 Å². The fourth-order valence-electron chi connectivity index (χ4n) is 4.45. The number of aromatic nitrogens is 3. The first-order chi connectivity index (χ1) is 15.0. The van der Waals surface area contributed by atoms with Crippen molar-refractivity contribution in [3.8, 4) is 0 Å². The van der Waals surface area contributed by atoms with Gasteiger partial charge in [-0.25, -0.2) is 9.07 Å². The Morgan fingerprint density at radius 1 is 1.26 bits per heavy atom. The van der Waals surface area contributed by atoms with E-state index in [-0.39, 0.29) is 29.9 Å². The minimum absolute atomic E-state index is 0.0975. The highest BCUT2D eigenvalue weighted by atomic mass is 32.1. The summed E-state index contributed by atoms with van der Waals surface area (Å²) in [6, 6.07) is 8.54. The average Bonchev–Trinajstić information content (AvgIpc) is 3.44. The fraction of sp³-hybridized carbons (Fsp3) is 0.348. The smallest absolute Gasteiger partial charge is 0.291 e. The zero-order chi connectivity index (χ0) is 21.5. The van der Waals surface area contributed by atoms with Gasteiger partial charge in [0, 0.05) is 22.8 Å². The van der Waals surface area contributed by atoms with Crippen molar-refractivity contribution in [2.75, 3.05) is 0 Å². The number of aryl methyl sites for hydroxylation is 1. The number of benzene rings is 1. The molecule has 8 heteroatoms. The van der Waals surface area contributed by atoms with Crippen LogP contribution in [-0.4, -0.2) is 26.3 Å². The molecule has 1 saturated carbocycles. The predicted molar refractivity (Wildman–Crippen MR) is 120 cm³/mol. The van der Waals surface area contributed by atoms with Crippen LogP contribution in [0.2, 0.25) is 0 Å². The van der Waals surface area contributed by atoms with Crippen LogP contribution in [0.15, 0.2) is 41.3 Å². The number of nitrogens with one attached hydrogen (secondary N) is 1. The van der Waals surface area contributed by atoms with Crippen LogP contribution in [0.5, 0.6) is 0 Å². The number of hydrogen-bond donors (Lipinski definition) is 1. The van der Waals surface area contributed by atoms with Crippen LogP contribution >= 0.6 is 11.3 Å². The van der Waals surface area contributed by atoms with Gasteiger partial charge in [-0.3, -0.25) is 9.59 Å². The molecule has 1 amide bonds. The van der Waals surface area contributed by atoms with Crippen molar-refractivity contribution in [2.24, 2.45) is 0 Å². The molecular weight excluding hydrogens is 415 g/mol. The zero-order valence-corrected chi connectivity index (χ0v) is 18.0. The van der Waals surface area contributed by atoms with Crippen LogP contribution in [0.3, 0.4) is 0 Å². The minimum Gasteiger partial charge on any atom is -0.352 e. The number of halogens is 1. The molecule has 31 heavy (non-hydrogen) atoms. The molecule has 3 aromatic heterocycles. The van der Waals surface area contributed by atoms with Crippen molar-refractivity contribution in [1.82, 2.24) is 19.7 Å². The van der Waals surface area contributed by atoms with Gasteiger partial charge in [-0.05, 0) is 43.5 Å². The van der Waals surface area contributed by atoms with E-state index >= 15 is 0 Å². The summed E-state index contributed by atoms with van der Waals surface area (Å²) in [5, 5.41) is 8.10. The highest BCUT2D eigenvalue weighted by Gasteiger charge is 2.21. The summed E-state index contributed by atoms with van der Waals surface area (Å²) in [7, 11) is 0. The summed E-state index contributed by atoms with van der Waals surface area (Å²) in [6.07, 6.45) is 5.91. The number of hydrogen-bond acceptors (Lipinski definition) is 4. The molecule has 0 spiro atoms. The summed E-state index contributed by atoms with van der Waals surface area (Å²) in [5.74, 6) is -0.479. The van der Waals surface area contributed by atoms with Gasteiger partial charge >= 0.3 is 0 Å². The highest BCUT2D eigenvalue weighted by Crippen LogP contribution is 2.34. The van der Waals surface area contributed by atoms with Gasteiger partial charge < -0.3 is 9.88 Å². The van der Waals surface area contributed by atoms with Crippen LogP contribution in [0, 0.1) is 12.7 Å². The number of amides is 1. The Morgan fingerprint density at radius 3 is 2.74 bits per heavy atom. The Labute approximate surface area is 182 Å². The Morgan fingerprint density at radius 2 is 2.00 bits per heavy atom. The number of rotatable bonds is 5. The summed E-state index contributed by atoms with van der Waals surface area (Å²) in [6.45, 7) is 2.37. The molecule has 5 rings (SSSR count). The summed E-state index contributed by atoms with van der Waals surface area (Å²) < 4.78 is 17.6. The minimum atomic E-state index is -0.294. The number of fused-ring (bicyclic) bond motifs is 3. The quantitative estimate of drug-likeness (QED) is 0.513. The molecule has 0 unspecified atom stereocenters. The van der Waals surface area contributed by atoms with E-state index in [4.69, 9.17) is 0 Å². The van der Waals surface area contributed by atoms with E-state index in [9.17, 15) is 14.0 Å². The van der Waals surface area contributed by atoms with E-state index in [0.717, 1.165) is 51.7 Å². The average molecular weight is 439 g/mol. The summed E-state index contributed by atoms with van der Waals surface area (Å²) >= 11 is 1.62. The molecule has 0 aliphatic heterocycles. The second-order valence-electron chi connectivity index (χ2n) is 8.20. The molecule has 1 aromatic carbocycles. The molecule has 0 bridgehead atoms. The maximum absolute atomic E-state index is 13.4. The van der Waals surface area contributed by atoms with E-state index in [1.807, 2.05) is 11.5 Å². The maximum atomic E-state index is 13.4. The van der Waals surface area contributed by atoms with Crippen LogP contribution in [0.25, 0.3) is 21.1 Å². The predicted octanol–water partition coefficient (Wildman–Crippen LogP) is 3.97. The first-order valence-electron chi connectivity index (χ1n) is 10.5. The Bertz CT molecular complexity index is 1330. The molecule has 3 heterocycles. The monoisotopic (exact) mass is 438 g/mol. The second-order valence-corrected chi connectivity index (χ2v) is 9.46. The van der Waals surface area contributed by atoms with E-state index < -0.39 is 0 Å². The van der Waals surface area contributed by atoms with Gasteiger partial charge in [-0.2, -0.15) is 5.10 Å². The molecule has 0 atom stereocenters. The third-order valence-corrected chi connectivity index (χ3v) is 7.00. The summed E-state index contributed by atoms with van der Waals surface area (Å²) in [5.41, 5.74) is 2.08.